The Morgan fingerprint density at radius 1 is 1.21 bits per heavy atom. The van der Waals surface area contributed by atoms with Gasteiger partial charge in [-0.25, -0.2) is 4.79 Å². The number of aryl methyl sites for hydroxylation is 1. The van der Waals surface area contributed by atoms with Gasteiger partial charge in [0.2, 0.25) is 0 Å². The highest BCUT2D eigenvalue weighted by Gasteiger charge is 2.29. The first-order chi connectivity index (χ1) is 9.08. The first-order valence-electron chi connectivity index (χ1n) is 6.60. The quantitative estimate of drug-likeness (QED) is 0.906. The van der Waals surface area contributed by atoms with E-state index in [0.717, 1.165) is 29.8 Å². The van der Waals surface area contributed by atoms with Crippen LogP contribution in [0.1, 0.15) is 40.5 Å². The lowest BCUT2D eigenvalue weighted by Gasteiger charge is -2.10. The SMILES string of the molecule is Cc1ccc(-c2cc(C(=O)O)c(C)n2C2CC2)cc1. The third-order valence-electron chi connectivity index (χ3n) is 3.78. The molecule has 1 aliphatic rings. The van der Waals surface area contributed by atoms with Gasteiger partial charge in [0.1, 0.15) is 0 Å². The first kappa shape index (κ1) is 12.0. The summed E-state index contributed by atoms with van der Waals surface area (Å²) < 4.78 is 2.19. The van der Waals surface area contributed by atoms with Crippen LogP contribution < -0.4 is 0 Å². The van der Waals surface area contributed by atoms with E-state index in [4.69, 9.17) is 0 Å². The van der Waals surface area contributed by atoms with E-state index in [0.29, 0.717) is 11.6 Å². The Kier molecular flexibility index (Phi) is 2.70. The molecular formula is C16H17NO2. The predicted molar refractivity (Wildman–Crippen MR) is 74.6 cm³/mol. The van der Waals surface area contributed by atoms with Crippen molar-refractivity contribution in [2.24, 2.45) is 0 Å². The normalized spacial score (nSPS) is 14.6. The van der Waals surface area contributed by atoms with E-state index in [1.165, 1.54) is 5.56 Å². The summed E-state index contributed by atoms with van der Waals surface area (Å²) in [6.07, 6.45) is 2.29. The fourth-order valence-corrected chi connectivity index (χ4v) is 2.59. The van der Waals surface area contributed by atoms with Crippen LogP contribution in [-0.2, 0) is 0 Å². The monoisotopic (exact) mass is 255 g/mol. The van der Waals surface area contributed by atoms with Crippen molar-refractivity contribution in [3.63, 3.8) is 0 Å². The van der Waals surface area contributed by atoms with Gasteiger partial charge in [0.05, 0.1) is 5.56 Å². The summed E-state index contributed by atoms with van der Waals surface area (Å²) in [5.41, 5.74) is 4.61. The maximum absolute atomic E-state index is 11.3. The van der Waals surface area contributed by atoms with Gasteiger partial charge in [-0.2, -0.15) is 0 Å². The zero-order valence-corrected chi connectivity index (χ0v) is 11.2. The highest BCUT2D eigenvalue weighted by molar-refractivity contribution is 5.91. The van der Waals surface area contributed by atoms with Crippen molar-refractivity contribution < 1.29 is 9.90 Å². The zero-order valence-electron chi connectivity index (χ0n) is 11.2. The molecule has 0 radical (unpaired) electrons. The van der Waals surface area contributed by atoms with Crippen LogP contribution >= 0.6 is 0 Å². The fourth-order valence-electron chi connectivity index (χ4n) is 2.59. The average Bonchev–Trinajstić information content (AvgIpc) is 3.14. The summed E-state index contributed by atoms with van der Waals surface area (Å²) in [5.74, 6) is -0.842. The number of aromatic carboxylic acids is 1. The molecule has 0 spiro atoms. The van der Waals surface area contributed by atoms with E-state index in [2.05, 4.69) is 35.8 Å². The van der Waals surface area contributed by atoms with Crippen molar-refractivity contribution in [2.75, 3.05) is 0 Å². The van der Waals surface area contributed by atoms with E-state index < -0.39 is 5.97 Å². The van der Waals surface area contributed by atoms with Gasteiger partial charge in [0, 0.05) is 17.4 Å². The van der Waals surface area contributed by atoms with Gasteiger partial charge >= 0.3 is 5.97 Å². The molecule has 0 aliphatic heterocycles. The highest BCUT2D eigenvalue weighted by Crippen LogP contribution is 2.41. The molecule has 2 aromatic rings. The molecule has 1 N–H and O–H groups in total. The predicted octanol–water partition coefficient (Wildman–Crippen LogP) is 3.81. The molecule has 1 aromatic heterocycles. The summed E-state index contributed by atoms with van der Waals surface area (Å²) in [5, 5.41) is 9.28. The van der Waals surface area contributed by atoms with Crippen LogP contribution in [0.15, 0.2) is 30.3 Å². The third-order valence-corrected chi connectivity index (χ3v) is 3.78. The lowest BCUT2D eigenvalue weighted by Crippen LogP contribution is -2.02. The Labute approximate surface area is 112 Å². The van der Waals surface area contributed by atoms with E-state index in [1.54, 1.807) is 6.07 Å². The second kappa shape index (κ2) is 4.26. The minimum Gasteiger partial charge on any atom is -0.478 e. The molecule has 98 valence electrons. The lowest BCUT2D eigenvalue weighted by atomic mass is 10.1. The molecule has 1 heterocycles. The van der Waals surface area contributed by atoms with Crippen molar-refractivity contribution in [1.29, 1.82) is 0 Å². The van der Waals surface area contributed by atoms with Crippen molar-refractivity contribution in [3.8, 4) is 11.3 Å². The molecule has 0 saturated heterocycles. The van der Waals surface area contributed by atoms with E-state index in [9.17, 15) is 9.90 Å². The Hall–Kier alpha value is -2.03. The van der Waals surface area contributed by atoms with Crippen LogP contribution in [0.25, 0.3) is 11.3 Å². The van der Waals surface area contributed by atoms with Crippen molar-refractivity contribution in [3.05, 3.63) is 47.2 Å². The van der Waals surface area contributed by atoms with Crippen LogP contribution in [0.5, 0.6) is 0 Å². The number of nitrogens with zero attached hydrogens (tertiary/aromatic N) is 1. The Morgan fingerprint density at radius 3 is 2.37 bits per heavy atom. The average molecular weight is 255 g/mol. The number of hydrogen-bond donors (Lipinski definition) is 1. The van der Waals surface area contributed by atoms with Crippen molar-refractivity contribution in [1.82, 2.24) is 4.57 Å². The molecule has 3 heteroatoms. The Bertz CT molecular complexity index is 634. The Morgan fingerprint density at radius 2 is 1.84 bits per heavy atom. The third kappa shape index (κ3) is 2.05. The maximum Gasteiger partial charge on any atom is 0.337 e. The van der Waals surface area contributed by atoms with Gasteiger partial charge in [-0.15, -0.1) is 0 Å². The maximum atomic E-state index is 11.3. The van der Waals surface area contributed by atoms with Crippen LogP contribution in [0, 0.1) is 13.8 Å². The van der Waals surface area contributed by atoms with Crippen LogP contribution in [-0.4, -0.2) is 15.6 Å². The number of hydrogen-bond acceptors (Lipinski definition) is 1. The number of rotatable bonds is 3. The molecule has 1 aliphatic carbocycles. The smallest absolute Gasteiger partial charge is 0.337 e. The molecule has 19 heavy (non-hydrogen) atoms. The van der Waals surface area contributed by atoms with Crippen molar-refractivity contribution in [2.45, 2.75) is 32.7 Å². The van der Waals surface area contributed by atoms with Gasteiger partial charge in [0.15, 0.2) is 0 Å². The number of aromatic nitrogens is 1. The molecule has 1 saturated carbocycles. The molecule has 1 fully saturated rings. The van der Waals surface area contributed by atoms with Crippen LogP contribution in [0.4, 0.5) is 0 Å². The Balaban J connectivity index is 2.16. The molecule has 1 aromatic carbocycles. The standard InChI is InChI=1S/C16H17NO2/c1-10-3-5-12(6-4-10)15-9-14(16(18)19)11(2)17(15)13-7-8-13/h3-6,9,13H,7-8H2,1-2H3,(H,18,19). The van der Waals surface area contributed by atoms with Gasteiger partial charge in [-0.3, -0.25) is 0 Å². The molecule has 0 amide bonds. The number of carboxylic acid groups (broad SMARTS) is 1. The summed E-state index contributed by atoms with van der Waals surface area (Å²) in [6, 6.07) is 10.5. The largest absolute Gasteiger partial charge is 0.478 e. The minimum absolute atomic E-state index is 0.419. The van der Waals surface area contributed by atoms with Gasteiger partial charge in [-0.05, 0) is 38.3 Å². The van der Waals surface area contributed by atoms with Gasteiger partial charge < -0.3 is 9.67 Å². The second-order valence-electron chi connectivity index (χ2n) is 5.30. The first-order valence-corrected chi connectivity index (χ1v) is 6.60. The van der Waals surface area contributed by atoms with Crippen LogP contribution in [0.2, 0.25) is 0 Å². The molecule has 0 atom stereocenters. The molecule has 3 nitrogen and oxygen atoms in total. The molecule has 3 rings (SSSR count). The minimum atomic E-state index is -0.842. The fraction of sp³-hybridized carbons (Fsp3) is 0.312. The molecular weight excluding hydrogens is 238 g/mol. The van der Waals surface area contributed by atoms with Gasteiger partial charge in [-0.1, -0.05) is 29.8 Å². The topological polar surface area (TPSA) is 42.2 Å². The number of benzene rings is 1. The van der Waals surface area contributed by atoms with E-state index >= 15 is 0 Å². The zero-order chi connectivity index (χ0) is 13.6. The summed E-state index contributed by atoms with van der Waals surface area (Å²) in [4.78, 5) is 11.3. The van der Waals surface area contributed by atoms with Crippen molar-refractivity contribution >= 4 is 5.97 Å². The van der Waals surface area contributed by atoms with Crippen LogP contribution in [0.3, 0.4) is 0 Å². The highest BCUT2D eigenvalue weighted by atomic mass is 16.4. The summed E-state index contributed by atoms with van der Waals surface area (Å²) in [7, 11) is 0. The summed E-state index contributed by atoms with van der Waals surface area (Å²) >= 11 is 0. The molecule has 0 unspecified atom stereocenters. The lowest BCUT2D eigenvalue weighted by molar-refractivity contribution is 0.0696. The number of carboxylic acids is 1. The second-order valence-corrected chi connectivity index (χ2v) is 5.30. The molecule has 0 bridgehead atoms. The van der Waals surface area contributed by atoms with E-state index in [-0.39, 0.29) is 0 Å². The van der Waals surface area contributed by atoms with Gasteiger partial charge in [0.25, 0.3) is 0 Å². The van der Waals surface area contributed by atoms with E-state index in [1.807, 2.05) is 6.92 Å². The number of carbonyl (C=O) groups is 1. The summed E-state index contributed by atoms with van der Waals surface area (Å²) in [6.45, 7) is 3.96.